The molecule has 0 radical (unpaired) electrons. The molecule has 2 rings (SSSR count). The van der Waals surface area contributed by atoms with Gasteiger partial charge in [0.15, 0.2) is 0 Å². The molecule has 2 aromatic rings. The number of rotatable bonds is 8. The summed E-state index contributed by atoms with van der Waals surface area (Å²) in [4.78, 5) is 27.6. The molecule has 0 unspecified atom stereocenters. The lowest BCUT2D eigenvalue weighted by atomic mass is 10.1. The molecule has 1 N–H and O–H groups in total. The molecular weight excluding hydrogens is 392 g/mol. The highest BCUT2D eigenvalue weighted by Crippen LogP contribution is 2.18. The summed E-state index contributed by atoms with van der Waals surface area (Å²) < 4.78 is 0. The molecule has 5 heteroatoms. The van der Waals surface area contributed by atoms with Crippen LogP contribution in [0.3, 0.4) is 0 Å². The van der Waals surface area contributed by atoms with Crippen LogP contribution in [0.15, 0.2) is 48.5 Å². The molecule has 0 aromatic heterocycles. The lowest BCUT2D eigenvalue weighted by Gasteiger charge is -2.31. The predicted molar refractivity (Wildman–Crippen MR) is 126 cm³/mol. The molecule has 0 saturated heterocycles. The summed E-state index contributed by atoms with van der Waals surface area (Å²) >= 11 is 1.59. The summed E-state index contributed by atoms with van der Waals surface area (Å²) in [6.45, 7) is 12.2. The number of hydrogen-bond donors (Lipinski definition) is 1. The lowest BCUT2D eigenvalue weighted by molar-refractivity contribution is -0.139. The van der Waals surface area contributed by atoms with Crippen molar-refractivity contribution in [3.63, 3.8) is 0 Å². The van der Waals surface area contributed by atoms with Gasteiger partial charge in [-0.15, -0.1) is 11.8 Å². The first kappa shape index (κ1) is 24.0. The van der Waals surface area contributed by atoms with Crippen LogP contribution in [0.5, 0.6) is 0 Å². The molecular formula is C25H34N2O2S. The van der Waals surface area contributed by atoms with Gasteiger partial charge in [0.05, 0.1) is 5.75 Å². The summed E-state index contributed by atoms with van der Waals surface area (Å²) in [6.07, 6.45) is 0. The molecule has 30 heavy (non-hydrogen) atoms. The third kappa shape index (κ3) is 7.52. The van der Waals surface area contributed by atoms with Crippen molar-refractivity contribution in [3.05, 3.63) is 70.8 Å². The maximum atomic E-state index is 13.1. The van der Waals surface area contributed by atoms with Gasteiger partial charge in [0, 0.05) is 17.8 Å². The van der Waals surface area contributed by atoms with Crippen molar-refractivity contribution >= 4 is 23.6 Å². The first-order valence-electron chi connectivity index (χ1n) is 10.4. The van der Waals surface area contributed by atoms with E-state index in [2.05, 4.69) is 24.4 Å². The van der Waals surface area contributed by atoms with Crippen molar-refractivity contribution in [2.75, 3.05) is 5.75 Å². The second kappa shape index (κ2) is 10.7. The van der Waals surface area contributed by atoms with Crippen molar-refractivity contribution in [1.29, 1.82) is 0 Å². The Hall–Kier alpha value is -2.27. The van der Waals surface area contributed by atoms with E-state index in [4.69, 9.17) is 0 Å². The summed E-state index contributed by atoms with van der Waals surface area (Å²) in [5.41, 5.74) is 4.31. The number of nitrogens with one attached hydrogen (secondary N) is 1. The quantitative estimate of drug-likeness (QED) is 0.655. The summed E-state index contributed by atoms with van der Waals surface area (Å²) in [5.74, 6) is 0.963. The van der Waals surface area contributed by atoms with Crippen LogP contribution < -0.4 is 5.32 Å². The van der Waals surface area contributed by atoms with E-state index in [0.717, 1.165) is 11.3 Å². The van der Waals surface area contributed by atoms with Gasteiger partial charge in [-0.1, -0.05) is 54.1 Å². The van der Waals surface area contributed by atoms with E-state index in [9.17, 15) is 9.59 Å². The number of thioether (sulfide) groups is 1. The third-order valence-corrected chi connectivity index (χ3v) is 5.85. The number of carbonyl (C=O) groups is 2. The fourth-order valence-electron chi connectivity index (χ4n) is 3.05. The van der Waals surface area contributed by atoms with Crippen molar-refractivity contribution in [3.8, 4) is 0 Å². The number of benzene rings is 2. The lowest BCUT2D eigenvalue weighted by Crippen LogP contribution is -2.52. The van der Waals surface area contributed by atoms with E-state index < -0.39 is 6.04 Å². The molecule has 0 spiro atoms. The SMILES string of the molecule is Cc1ccc(CN(C(=O)CSCc2ccccc2C)[C@@H](C)C(=O)NC(C)(C)C)cc1. The van der Waals surface area contributed by atoms with Crippen LogP contribution in [0.4, 0.5) is 0 Å². The molecule has 0 fully saturated rings. The van der Waals surface area contributed by atoms with Crippen LogP contribution in [0, 0.1) is 13.8 Å². The third-order valence-electron chi connectivity index (χ3n) is 4.88. The zero-order valence-corrected chi connectivity index (χ0v) is 19.8. The van der Waals surface area contributed by atoms with E-state index in [1.54, 1.807) is 23.6 Å². The highest BCUT2D eigenvalue weighted by atomic mass is 32.2. The first-order chi connectivity index (χ1) is 14.1. The van der Waals surface area contributed by atoms with Gasteiger partial charge in [0.2, 0.25) is 11.8 Å². The van der Waals surface area contributed by atoms with Crippen LogP contribution >= 0.6 is 11.8 Å². The van der Waals surface area contributed by atoms with Gasteiger partial charge in [-0.3, -0.25) is 9.59 Å². The van der Waals surface area contributed by atoms with E-state index in [1.807, 2.05) is 64.1 Å². The minimum Gasteiger partial charge on any atom is -0.350 e. The van der Waals surface area contributed by atoms with Crippen molar-refractivity contribution < 1.29 is 9.59 Å². The van der Waals surface area contributed by atoms with Crippen molar-refractivity contribution in [1.82, 2.24) is 10.2 Å². The second-order valence-corrected chi connectivity index (χ2v) is 9.83. The van der Waals surface area contributed by atoms with Crippen LogP contribution in [-0.4, -0.2) is 34.0 Å². The van der Waals surface area contributed by atoms with E-state index >= 15 is 0 Å². The molecule has 0 aliphatic rings. The molecule has 4 nitrogen and oxygen atoms in total. The van der Waals surface area contributed by atoms with Crippen LogP contribution in [0.2, 0.25) is 0 Å². The number of hydrogen-bond acceptors (Lipinski definition) is 3. The molecule has 0 heterocycles. The highest BCUT2D eigenvalue weighted by Gasteiger charge is 2.28. The zero-order chi connectivity index (χ0) is 22.3. The average molecular weight is 427 g/mol. The Morgan fingerprint density at radius 2 is 1.67 bits per heavy atom. The maximum Gasteiger partial charge on any atom is 0.242 e. The van der Waals surface area contributed by atoms with Gasteiger partial charge in [-0.2, -0.15) is 0 Å². The monoisotopic (exact) mass is 426 g/mol. The fraction of sp³-hybridized carbons (Fsp3) is 0.440. The largest absolute Gasteiger partial charge is 0.350 e. The van der Waals surface area contributed by atoms with Crippen molar-refractivity contribution in [2.24, 2.45) is 0 Å². The number of aryl methyl sites for hydroxylation is 2. The number of nitrogens with zero attached hydrogens (tertiary/aromatic N) is 1. The molecule has 1 atom stereocenters. The normalized spacial score (nSPS) is 12.3. The average Bonchev–Trinajstić information content (AvgIpc) is 2.67. The molecule has 162 valence electrons. The van der Waals surface area contributed by atoms with Gasteiger partial charge < -0.3 is 10.2 Å². The highest BCUT2D eigenvalue weighted by molar-refractivity contribution is 7.99. The Morgan fingerprint density at radius 3 is 2.27 bits per heavy atom. The molecule has 0 saturated carbocycles. The first-order valence-corrected chi connectivity index (χ1v) is 11.5. The molecule has 0 bridgehead atoms. The second-order valence-electron chi connectivity index (χ2n) is 8.84. The Bertz CT molecular complexity index is 856. The number of amides is 2. The Balaban J connectivity index is 2.10. The maximum absolute atomic E-state index is 13.1. The van der Waals surface area contributed by atoms with Gasteiger partial charge >= 0.3 is 0 Å². The van der Waals surface area contributed by atoms with Gasteiger partial charge in [0.25, 0.3) is 0 Å². The summed E-state index contributed by atoms with van der Waals surface area (Å²) in [7, 11) is 0. The fourth-order valence-corrected chi connectivity index (χ4v) is 4.04. The Labute approximate surface area is 185 Å². The zero-order valence-electron chi connectivity index (χ0n) is 19.0. The van der Waals surface area contributed by atoms with Crippen LogP contribution in [0.25, 0.3) is 0 Å². The smallest absolute Gasteiger partial charge is 0.242 e. The number of carbonyl (C=O) groups excluding carboxylic acids is 2. The topological polar surface area (TPSA) is 49.4 Å². The van der Waals surface area contributed by atoms with Gasteiger partial charge in [0.1, 0.15) is 6.04 Å². The van der Waals surface area contributed by atoms with Crippen LogP contribution in [-0.2, 0) is 21.9 Å². The summed E-state index contributed by atoms with van der Waals surface area (Å²) in [5, 5.41) is 3.00. The minimum absolute atomic E-state index is 0.0225. The standard InChI is InChI=1S/C25H34N2O2S/c1-18-11-13-21(14-12-18)15-27(20(3)24(29)26-25(4,5)6)23(28)17-30-16-22-10-8-7-9-19(22)2/h7-14,20H,15-17H2,1-6H3,(H,26,29)/t20-/m0/s1. The summed E-state index contributed by atoms with van der Waals surface area (Å²) in [6, 6.07) is 15.8. The van der Waals surface area contributed by atoms with Crippen LogP contribution in [0.1, 0.15) is 49.9 Å². The molecule has 2 amide bonds. The Morgan fingerprint density at radius 1 is 1.03 bits per heavy atom. The van der Waals surface area contributed by atoms with E-state index in [0.29, 0.717) is 12.3 Å². The van der Waals surface area contributed by atoms with E-state index in [1.165, 1.54) is 16.7 Å². The molecule has 0 aliphatic heterocycles. The van der Waals surface area contributed by atoms with Gasteiger partial charge in [-0.25, -0.2) is 0 Å². The van der Waals surface area contributed by atoms with Crippen molar-refractivity contribution in [2.45, 2.75) is 65.4 Å². The molecule has 0 aliphatic carbocycles. The van der Waals surface area contributed by atoms with E-state index in [-0.39, 0.29) is 17.4 Å². The predicted octanol–water partition coefficient (Wildman–Crippen LogP) is 4.87. The Kier molecular flexibility index (Phi) is 8.54. The minimum atomic E-state index is -0.544. The molecule has 2 aromatic carbocycles. The van der Waals surface area contributed by atoms with Gasteiger partial charge in [-0.05, 0) is 58.2 Å².